The van der Waals surface area contributed by atoms with Crippen LogP contribution in [-0.4, -0.2) is 56.3 Å². The Balaban J connectivity index is 1.34. The van der Waals surface area contributed by atoms with Gasteiger partial charge in [-0.2, -0.15) is 4.31 Å². The number of benzene rings is 1. The molecule has 2 bridgehead atoms. The summed E-state index contributed by atoms with van der Waals surface area (Å²) in [5.41, 5.74) is 0.603. The molecule has 0 aromatic heterocycles. The van der Waals surface area contributed by atoms with Crippen LogP contribution in [0.25, 0.3) is 0 Å². The zero-order chi connectivity index (χ0) is 19.0. The smallest absolute Gasteiger partial charge is 0.243 e. The molecule has 2 aliphatic carbocycles. The molecule has 2 fully saturated rings. The van der Waals surface area contributed by atoms with Crippen LogP contribution in [0.3, 0.4) is 0 Å². The minimum atomic E-state index is -3.48. The molecule has 7 heteroatoms. The predicted octanol–water partition coefficient (Wildman–Crippen LogP) is 2.16. The molecular formula is C20H27N3O3S. The fourth-order valence-electron chi connectivity index (χ4n) is 4.65. The van der Waals surface area contributed by atoms with Crippen LogP contribution in [0.1, 0.15) is 19.8 Å². The van der Waals surface area contributed by atoms with Gasteiger partial charge in [-0.25, -0.2) is 8.42 Å². The van der Waals surface area contributed by atoms with Gasteiger partial charge in [-0.05, 0) is 54.9 Å². The Bertz CT molecular complexity index is 827. The molecule has 1 saturated heterocycles. The van der Waals surface area contributed by atoms with E-state index in [4.69, 9.17) is 0 Å². The number of nitrogens with one attached hydrogen (secondary N) is 1. The van der Waals surface area contributed by atoms with Crippen molar-refractivity contribution >= 4 is 21.6 Å². The van der Waals surface area contributed by atoms with E-state index in [1.165, 1.54) is 19.8 Å². The van der Waals surface area contributed by atoms with Crippen molar-refractivity contribution in [1.82, 2.24) is 9.21 Å². The van der Waals surface area contributed by atoms with Gasteiger partial charge in [-0.3, -0.25) is 4.79 Å². The molecule has 1 aromatic rings. The highest BCUT2D eigenvalue weighted by molar-refractivity contribution is 7.89. The van der Waals surface area contributed by atoms with E-state index in [1.54, 1.807) is 28.6 Å². The quantitative estimate of drug-likeness (QED) is 0.784. The normalized spacial score (nSPS) is 28.6. The minimum Gasteiger partial charge on any atom is -0.326 e. The number of carbonyl (C=O) groups excluding carboxylic acids is 1. The van der Waals surface area contributed by atoms with Crippen molar-refractivity contribution in [2.45, 2.75) is 24.7 Å². The lowest BCUT2D eigenvalue weighted by Crippen LogP contribution is -2.49. The van der Waals surface area contributed by atoms with Crippen LogP contribution >= 0.6 is 0 Å². The second-order valence-electron chi connectivity index (χ2n) is 7.95. The highest BCUT2D eigenvalue weighted by atomic mass is 32.2. The van der Waals surface area contributed by atoms with Crippen molar-refractivity contribution in [1.29, 1.82) is 0 Å². The Morgan fingerprint density at radius 3 is 2.33 bits per heavy atom. The molecule has 1 aliphatic heterocycles. The van der Waals surface area contributed by atoms with E-state index in [-0.39, 0.29) is 10.8 Å². The summed E-state index contributed by atoms with van der Waals surface area (Å²) in [5.74, 6) is 2.08. The van der Waals surface area contributed by atoms with E-state index in [0.717, 1.165) is 37.4 Å². The summed E-state index contributed by atoms with van der Waals surface area (Å²) >= 11 is 0. The molecule has 1 aromatic carbocycles. The largest absolute Gasteiger partial charge is 0.326 e. The number of allylic oxidation sites excluding steroid dienone is 2. The molecule has 146 valence electrons. The Morgan fingerprint density at radius 1 is 1.07 bits per heavy atom. The molecule has 1 N–H and O–H groups in total. The minimum absolute atomic E-state index is 0.173. The zero-order valence-electron chi connectivity index (χ0n) is 15.7. The molecule has 27 heavy (non-hydrogen) atoms. The summed E-state index contributed by atoms with van der Waals surface area (Å²) in [7, 11) is -3.48. The molecule has 3 atom stereocenters. The van der Waals surface area contributed by atoms with Crippen molar-refractivity contribution in [3.05, 3.63) is 36.4 Å². The van der Waals surface area contributed by atoms with Gasteiger partial charge >= 0.3 is 0 Å². The summed E-state index contributed by atoms with van der Waals surface area (Å²) < 4.78 is 27.4. The van der Waals surface area contributed by atoms with E-state index in [2.05, 4.69) is 22.4 Å². The molecule has 6 nitrogen and oxygen atoms in total. The van der Waals surface area contributed by atoms with Crippen LogP contribution in [0.2, 0.25) is 0 Å². The van der Waals surface area contributed by atoms with E-state index in [9.17, 15) is 13.2 Å². The number of rotatable bonds is 5. The van der Waals surface area contributed by atoms with Gasteiger partial charge in [-0.1, -0.05) is 12.2 Å². The van der Waals surface area contributed by atoms with Crippen molar-refractivity contribution < 1.29 is 13.2 Å². The van der Waals surface area contributed by atoms with Crippen molar-refractivity contribution in [2.75, 3.05) is 38.0 Å². The third-order valence-electron chi connectivity index (χ3n) is 6.05. The molecule has 1 heterocycles. The van der Waals surface area contributed by atoms with E-state index >= 15 is 0 Å². The SMILES string of the molecule is CC(=O)Nc1ccc(S(=O)(=O)N2CCN(C[C@H]3C[C@H]4C=C[C@H]3C4)CC2)cc1. The van der Waals surface area contributed by atoms with Gasteiger partial charge in [0.05, 0.1) is 4.90 Å². The van der Waals surface area contributed by atoms with Crippen LogP contribution in [0.5, 0.6) is 0 Å². The second-order valence-corrected chi connectivity index (χ2v) is 9.89. The van der Waals surface area contributed by atoms with E-state index < -0.39 is 10.0 Å². The average molecular weight is 390 g/mol. The molecule has 0 unspecified atom stereocenters. The third kappa shape index (κ3) is 3.95. The van der Waals surface area contributed by atoms with Gasteiger partial charge in [-0.15, -0.1) is 0 Å². The van der Waals surface area contributed by atoms with Gasteiger partial charge in [0.25, 0.3) is 0 Å². The maximum Gasteiger partial charge on any atom is 0.243 e. The van der Waals surface area contributed by atoms with Crippen LogP contribution in [0, 0.1) is 17.8 Å². The number of carbonyl (C=O) groups is 1. The molecule has 3 aliphatic rings. The summed E-state index contributed by atoms with van der Waals surface area (Å²) in [6, 6.07) is 6.39. The standard InChI is InChI=1S/C20H27N3O3S/c1-15(24)21-19-4-6-20(7-5-19)27(25,26)23-10-8-22(9-11-23)14-18-13-16-2-3-17(18)12-16/h2-7,16-18H,8-14H2,1H3,(H,21,24)/t16-,17-,18+/m0/s1. The second kappa shape index (κ2) is 7.37. The molecule has 1 saturated carbocycles. The van der Waals surface area contributed by atoms with Gasteiger partial charge in [0.2, 0.25) is 15.9 Å². The first-order chi connectivity index (χ1) is 12.9. The number of piperazine rings is 1. The van der Waals surface area contributed by atoms with E-state index in [0.29, 0.717) is 18.8 Å². The lowest BCUT2D eigenvalue weighted by Gasteiger charge is -2.36. The van der Waals surface area contributed by atoms with Gasteiger partial charge < -0.3 is 10.2 Å². The Morgan fingerprint density at radius 2 is 1.78 bits per heavy atom. The zero-order valence-corrected chi connectivity index (χ0v) is 16.5. The molecule has 0 spiro atoms. The summed E-state index contributed by atoms with van der Waals surface area (Å²) in [6.45, 7) is 5.17. The number of hydrogen-bond donors (Lipinski definition) is 1. The van der Waals surface area contributed by atoms with Gasteiger partial charge in [0.15, 0.2) is 0 Å². The number of hydrogen-bond acceptors (Lipinski definition) is 4. The van der Waals surface area contributed by atoms with E-state index in [1.807, 2.05) is 0 Å². The fraction of sp³-hybridized carbons (Fsp3) is 0.550. The number of amides is 1. The fourth-order valence-corrected chi connectivity index (χ4v) is 6.07. The Labute approximate surface area is 161 Å². The predicted molar refractivity (Wildman–Crippen MR) is 105 cm³/mol. The number of fused-ring (bicyclic) bond motifs is 2. The maximum absolute atomic E-state index is 12.9. The van der Waals surface area contributed by atoms with Crippen molar-refractivity contribution in [3.8, 4) is 0 Å². The van der Waals surface area contributed by atoms with Crippen LogP contribution < -0.4 is 5.32 Å². The lowest BCUT2D eigenvalue weighted by molar-refractivity contribution is -0.114. The molecule has 0 radical (unpaired) electrons. The number of sulfonamides is 1. The molecule has 1 amide bonds. The van der Waals surface area contributed by atoms with Crippen molar-refractivity contribution in [2.24, 2.45) is 17.8 Å². The topological polar surface area (TPSA) is 69.7 Å². The van der Waals surface area contributed by atoms with Crippen LogP contribution in [0.4, 0.5) is 5.69 Å². The van der Waals surface area contributed by atoms with Crippen molar-refractivity contribution in [3.63, 3.8) is 0 Å². The number of nitrogens with zero attached hydrogens (tertiary/aromatic N) is 2. The first-order valence-electron chi connectivity index (χ1n) is 9.70. The molecule has 4 rings (SSSR count). The summed E-state index contributed by atoms with van der Waals surface area (Å²) in [6.07, 6.45) is 7.35. The Kier molecular flexibility index (Phi) is 5.09. The average Bonchev–Trinajstić information content (AvgIpc) is 3.25. The van der Waals surface area contributed by atoms with Gasteiger partial charge in [0, 0.05) is 45.3 Å². The highest BCUT2D eigenvalue weighted by Gasteiger charge is 2.37. The number of anilines is 1. The van der Waals surface area contributed by atoms with Crippen LogP contribution in [-0.2, 0) is 14.8 Å². The monoisotopic (exact) mass is 389 g/mol. The molecular weight excluding hydrogens is 362 g/mol. The third-order valence-corrected chi connectivity index (χ3v) is 7.97. The lowest BCUT2D eigenvalue weighted by atomic mass is 9.93. The summed E-state index contributed by atoms with van der Waals surface area (Å²) in [4.78, 5) is 13.8. The Hall–Kier alpha value is -1.70. The maximum atomic E-state index is 12.9. The summed E-state index contributed by atoms with van der Waals surface area (Å²) in [5, 5.41) is 2.66. The van der Waals surface area contributed by atoms with Crippen LogP contribution in [0.15, 0.2) is 41.3 Å². The first kappa shape index (κ1) is 18.7. The highest BCUT2D eigenvalue weighted by Crippen LogP contribution is 2.43. The first-order valence-corrected chi connectivity index (χ1v) is 11.1. The van der Waals surface area contributed by atoms with Gasteiger partial charge in [0.1, 0.15) is 0 Å².